The molecule has 0 aliphatic heterocycles. The van der Waals surface area contributed by atoms with E-state index in [-0.39, 0.29) is 0 Å². The van der Waals surface area contributed by atoms with E-state index in [0.717, 1.165) is 23.1 Å². The summed E-state index contributed by atoms with van der Waals surface area (Å²) in [6.45, 7) is 6.04. The molecule has 1 aromatic heterocycles. The van der Waals surface area contributed by atoms with Gasteiger partial charge in [0.1, 0.15) is 0 Å². The van der Waals surface area contributed by atoms with Crippen molar-refractivity contribution in [3.63, 3.8) is 0 Å². The van der Waals surface area contributed by atoms with Crippen molar-refractivity contribution in [3.8, 4) is 0 Å². The van der Waals surface area contributed by atoms with Gasteiger partial charge in [-0.15, -0.1) is 0 Å². The van der Waals surface area contributed by atoms with Crippen LogP contribution in [0.4, 0.5) is 5.82 Å². The average molecular weight is 226 g/mol. The van der Waals surface area contributed by atoms with Crippen molar-refractivity contribution in [2.24, 2.45) is 5.92 Å². The molecule has 0 radical (unpaired) electrons. The van der Waals surface area contributed by atoms with Crippen molar-refractivity contribution >= 4 is 17.4 Å². The van der Waals surface area contributed by atoms with Crippen molar-refractivity contribution in [2.45, 2.75) is 39.7 Å². The normalized spacial score (nSPS) is 17.6. The zero-order chi connectivity index (χ0) is 11.0. The fourth-order valence-electron chi connectivity index (χ4n) is 1.60. The third-order valence-corrected chi connectivity index (χ3v) is 3.22. The van der Waals surface area contributed by atoms with Crippen LogP contribution in [-0.4, -0.2) is 16.0 Å². The Morgan fingerprint density at radius 2 is 1.87 bits per heavy atom. The van der Waals surface area contributed by atoms with Crippen LogP contribution >= 0.6 is 11.6 Å². The molecule has 2 rings (SSSR count). The molecule has 1 heterocycles. The SMILES string of the molecule is Cc1nc(Cl)c(NC(C)C2CC2)nc1C. The van der Waals surface area contributed by atoms with Crippen molar-refractivity contribution < 1.29 is 0 Å². The van der Waals surface area contributed by atoms with E-state index in [1.54, 1.807) is 0 Å². The second-order valence-corrected chi connectivity index (χ2v) is 4.66. The van der Waals surface area contributed by atoms with Gasteiger partial charge in [0.2, 0.25) is 0 Å². The standard InChI is InChI=1S/C11H16ClN3/c1-6-7(2)14-11(10(12)13-6)15-8(3)9-4-5-9/h8-9H,4-5H2,1-3H3,(H,14,15). The maximum atomic E-state index is 6.03. The molecule has 0 bridgehead atoms. The molecule has 0 saturated heterocycles. The van der Waals surface area contributed by atoms with E-state index >= 15 is 0 Å². The summed E-state index contributed by atoms with van der Waals surface area (Å²) < 4.78 is 0. The highest BCUT2D eigenvalue weighted by Crippen LogP contribution is 2.34. The summed E-state index contributed by atoms with van der Waals surface area (Å²) in [4.78, 5) is 8.66. The van der Waals surface area contributed by atoms with Crippen LogP contribution in [0.15, 0.2) is 0 Å². The number of anilines is 1. The third kappa shape index (κ3) is 2.40. The van der Waals surface area contributed by atoms with E-state index in [4.69, 9.17) is 11.6 Å². The summed E-state index contributed by atoms with van der Waals surface area (Å²) in [5, 5.41) is 3.81. The molecule has 82 valence electrons. The highest BCUT2D eigenvalue weighted by atomic mass is 35.5. The molecule has 1 saturated carbocycles. The fourth-order valence-corrected chi connectivity index (χ4v) is 1.82. The maximum absolute atomic E-state index is 6.03. The first kappa shape index (κ1) is 10.7. The Balaban J connectivity index is 2.16. The van der Waals surface area contributed by atoms with Crippen LogP contribution in [0, 0.1) is 19.8 Å². The van der Waals surface area contributed by atoms with Gasteiger partial charge in [-0.2, -0.15) is 0 Å². The first-order valence-corrected chi connectivity index (χ1v) is 5.73. The monoisotopic (exact) mass is 225 g/mol. The van der Waals surface area contributed by atoms with Crippen LogP contribution in [0.2, 0.25) is 5.15 Å². The van der Waals surface area contributed by atoms with Crippen LogP contribution in [0.25, 0.3) is 0 Å². The molecule has 4 heteroatoms. The van der Waals surface area contributed by atoms with Gasteiger partial charge in [-0.05, 0) is 39.5 Å². The van der Waals surface area contributed by atoms with Crippen molar-refractivity contribution in [1.29, 1.82) is 0 Å². The zero-order valence-corrected chi connectivity index (χ0v) is 10.1. The highest BCUT2D eigenvalue weighted by Gasteiger charge is 2.28. The van der Waals surface area contributed by atoms with Gasteiger partial charge >= 0.3 is 0 Å². The van der Waals surface area contributed by atoms with Gasteiger partial charge in [0.15, 0.2) is 11.0 Å². The number of nitrogens with one attached hydrogen (secondary N) is 1. The summed E-state index contributed by atoms with van der Waals surface area (Å²) in [7, 11) is 0. The number of halogens is 1. The maximum Gasteiger partial charge on any atom is 0.171 e. The lowest BCUT2D eigenvalue weighted by molar-refractivity contribution is 0.689. The van der Waals surface area contributed by atoms with Gasteiger partial charge in [-0.1, -0.05) is 11.6 Å². The Kier molecular flexibility index (Phi) is 2.83. The molecule has 1 atom stereocenters. The Labute approximate surface area is 95.3 Å². The zero-order valence-electron chi connectivity index (χ0n) is 9.34. The number of aryl methyl sites for hydroxylation is 2. The lowest BCUT2D eigenvalue weighted by Gasteiger charge is -2.15. The number of rotatable bonds is 3. The largest absolute Gasteiger partial charge is 0.365 e. The topological polar surface area (TPSA) is 37.8 Å². The van der Waals surface area contributed by atoms with Crippen LogP contribution < -0.4 is 5.32 Å². The van der Waals surface area contributed by atoms with Gasteiger partial charge in [-0.25, -0.2) is 9.97 Å². The lowest BCUT2D eigenvalue weighted by atomic mass is 10.2. The quantitative estimate of drug-likeness (QED) is 0.860. The van der Waals surface area contributed by atoms with Gasteiger partial charge < -0.3 is 5.32 Å². The second kappa shape index (κ2) is 3.97. The summed E-state index contributed by atoms with van der Waals surface area (Å²) >= 11 is 6.03. The van der Waals surface area contributed by atoms with E-state index in [2.05, 4.69) is 22.2 Å². The predicted molar refractivity (Wildman–Crippen MR) is 62.3 cm³/mol. The molecule has 15 heavy (non-hydrogen) atoms. The minimum Gasteiger partial charge on any atom is -0.365 e. The summed E-state index contributed by atoms with van der Waals surface area (Å²) in [6.07, 6.45) is 2.62. The minimum atomic E-state index is 0.443. The van der Waals surface area contributed by atoms with Crippen molar-refractivity contribution in [3.05, 3.63) is 16.5 Å². The number of hydrogen-bond donors (Lipinski definition) is 1. The number of nitrogens with zero attached hydrogens (tertiary/aromatic N) is 2. The molecule has 0 amide bonds. The van der Waals surface area contributed by atoms with Crippen molar-refractivity contribution in [2.75, 3.05) is 5.32 Å². The van der Waals surface area contributed by atoms with Crippen LogP contribution in [0.3, 0.4) is 0 Å². The van der Waals surface area contributed by atoms with Gasteiger partial charge in [-0.3, -0.25) is 0 Å². The van der Waals surface area contributed by atoms with E-state index < -0.39 is 0 Å². The Hall–Kier alpha value is -0.830. The van der Waals surface area contributed by atoms with Gasteiger partial charge in [0.25, 0.3) is 0 Å². The Bertz CT molecular complexity index is 374. The van der Waals surface area contributed by atoms with Crippen LogP contribution in [-0.2, 0) is 0 Å². The summed E-state index contributed by atoms with van der Waals surface area (Å²) in [5.74, 6) is 1.50. The van der Waals surface area contributed by atoms with E-state index in [9.17, 15) is 0 Å². The Morgan fingerprint density at radius 1 is 1.27 bits per heavy atom. The molecular formula is C11H16ClN3. The molecular weight excluding hydrogens is 210 g/mol. The first-order chi connectivity index (χ1) is 7.08. The van der Waals surface area contributed by atoms with E-state index in [0.29, 0.717) is 11.2 Å². The molecule has 1 fully saturated rings. The Morgan fingerprint density at radius 3 is 2.47 bits per heavy atom. The number of hydrogen-bond acceptors (Lipinski definition) is 3. The third-order valence-electron chi connectivity index (χ3n) is 2.96. The van der Waals surface area contributed by atoms with Crippen molar-refractivity contribution in [1.82, 2.24) is 9.97 Å². The van der Waals surface area contributed by atoms with E-state index in [1.807, 2.05) is 13.8 Å². The molecule has 0 spiro atoms. The molecule has 1 unspecified atom stereocenters. The van der Waals surface area contributed by atoms with E-state index in [1.165, 1.54) is 12.8 Å². The summed E-state index contributed by atoms with van der Waals surface area (Å²) in [6, 6.07) is 0.443. The predicted octanol–water partition coefficient (Wildman–Crippen LogP) is 2.96. The molecule has 3 nitrogen and oxygen atoms in total. The number of aromatic nitrogens is 2. The molecule has 1 N–H and O–H groups in total. The van der Waals surface area contributed by atoms with Crippen LogP contribution in [0.5, 0.6) is 0 Å². The van der Waals surface area contributed by atoms with Gasteiger partial charge in [0.05, 0.1) is 11.4 Å². The smallest absolute Gasteiger partial charge is 0.171 e. The molecule has 1 aromatic rings. The second-order valence-electron chi connectivity index (χ2n) is 4.30. The highest BCUT2D eigenvalue weighted by molar-refractivity contribution is 6.31. The molecule has 0 aromatic carbocycles. The molecule has 1 aliphatic rings. The molecule has 1 aliphatic carbocycles. The minimum absolute atomic E-state index is 0.443. The summed E-state index contributed by atoms with van der Waals surface area (Å²) in [5.41, 5.74) is 1.83. The first-order valence-electron chi connectivity index (χ1n) is 5.35. The van der Waals surface area contributed by atoms with Gasteiger partial charge in [0, 0.05) is 6.04 Å². The fraction of sp³-hybridized carbons (Fsp3) is 0.636. The lowest BCUT2D eigenvalue weighted by Crippen LogP contribution is -2.19. The average Bonchev–Trinajstić information content (AvgIpc) is 2.97. The van der Waals surface area contributed by atoms with Crippen LogP contribution in [0.1, 0.15) is 31.2 Å².